The first kappa shape index (κ1) is 12.6. The first-order valence-electron chi connectivity index (χ1n) is 5.92. The Bertz CT molecular complexity index is 493. The topological polar surface area (TPSA) is 89.0 Å². The van der Waals surface area contributed by atoms with E-state index in [9.17, 15) is 0 Å². The summed E-state index contributed by atoms with van der Waals surface area (Å²) >= 11 is 0. The molecule has 1 atom stereocenters. The minimum atomic E-state index is 0.0468. The van der Waals surface area contributed by atoms with Crippen molar-refractivity contribution in [2.45, 2.75) is 33.4 Å². The van der Waals surface area contributed by atoms with Crippen molar-refractivity contribution in [3.63, 3.8) is 0 Å². The molecule has 0 saturated heterocycles. The highest BCUT2D eigenvalue weighted by Crippen LogP contribution is 2.14. The highest BCUT2D eigenvalue weighted by atomic mass is 16.5. The molecule has 0 radical (unpaired) electrons. The highest BCUT2D eigenvalue weighted by Gasteiger charge is 2.12. The lowest BCUT2D eigenvalue weighted by Crippen LogP contribution is -2.17. The van der Waals surface area contributed by atoms with Gasteiger partial charge in [0, 0.05) is 6.07 Å². The second kappa shape index (κ2) is 5.63. The van der Waals surface area contributed by atoms with Gasteiger partial charge in [-0.25, -0.2) is 0 Å². The van der Waals surface area contributed by atoms with Crippen LogP contribution >= 0.6 is 0 Å². The molecule has 2 heterocycles. The van der Waals surface area contributed by atoms with Crippen molar-refractivity contribution < 1.29 is 8.94 Å². The minimum Gasteiger partial charge on any atom is -0.406 e. The zero-order chi connectivity index (χ0) is 13.0. The molecule has 2 rings (SSSR count). The normalized spacial score (nSPS) is 12.6. The fraction of sp³-hybridized carbons (Fsp3) is 0.545. The molecule has 0 aliphatic heterocycles. The second-order valence-corrected chi connectivity index (χ2v) is 4.01. The van der Waals surface area contributed by atoms with Crippen LogP contribution in [0.15, 0.2) is 15.0 Å². The lowest BCUT2D eigenvalue weighted by atomic mass is 10.3. The van der Waals surface area contributed by atoms with Crippen molar-refractivity contribution >= 4 is 6.01 Å². The van der Waals surface area contributed by atoms with Gasteiger partial charge in [0.25, 0.3) is 0 Å². The number of nitrogens with zero attached hydrogens (tertiary/aromatic N) is 3. The first-order chi connectivity index (χ1) is 8.69. The highest BCUT2D eigenvalue weighted by molar-refractivity contribution is 5.19. The molecule has 2 aromatic heterocycles. The van der Waals surface area contributed by atoms with E-state index in [4.69, 9.17) is 8.94 Å². The van der Waals surface area contributed by atoms with E-state index in [0.717, 1.165) is 18.0 Å². The summed E-state index contributed by atoms with van der Waals surface area (Å²) in [5.74, 6) is 1.29. The van der Waals surface area contributed by atoms with Crippen LogP contribution in [0.1, 0.15) is 37.2 Å². The van der Waals surface area contributed by atoms with Crippen LogP contribution in [-0.4, -0.2) is 21.9 Å². The maximum atomic E-state index is 5.47. The molecule has 18 heavy (non-hydrogen) atoms. The van der Waals surface area contributed by atoms with E-state index in [2.05, 4.69) is 26.0 Å². The van der Waals surface area contributed by atoms with Gasteiger partial charge in [0.1, 0.15) is 0 Å². The van der Waals surface area contributed by atoms with Gasteiger partial charge in [0.2, 0.25) is 5.89 Å². The Kier molecular flexibility index (Phi) is 3.93. The van der Waals surface area contributed by atoms with E-state index in [1.54, 1.807) is 0 Å². The number of aryl methyl sites for hydroxylation is 1. The zero-order valence-corrected chi connectivity index (χ0v) is 10.7. The predicted molar refractivity (Wildman–Crippen MR) is 65.0 cm³/mol. The number of anilines is 1. The van der Waals surface area contributed by atoms with Crippen molar-refractivity contribution in [1.82, 2.24) is 20.7 Å². The maximum Gasteiger partial charge on any atom is 0.315 e. The van der Waals surface area contributed by atoms with E-state index in [-0.39, 0.29) is 6.04 Å². The predicted octanol–water partition coefficient (Wildman–Crippen LogP) is 1.65. The quantitative estimate of drug-likeness (QED) is 0.806. The molecule has 0 bridgehead atoms. The summed E-state index contributed by atoms with van der Waals surface area (Å²) in [5.41, 5.74) is 0.846. The van der Waals surface area contributed by atoms with Crippen LogP contribution in [0.25, 0.3) is 0 Å². The molecule has 0 amide bonds. The van der Waals surface area contributed by atoms with Gasteiger partial charge in [0.05, 0.1) is 18.3 Å². The van der Waals surface area contributed by atoms with Gasteiger partial charge in [-0.15, -0.1) is 5.10 Å². The Morgan fingerprint density at radius 1 is 1.39 bits per heavy atom. The number of nitrogens with one attached hydrogen (secondary N) is 2. The molecule has 0 aromatic carbocycles. The minimum absolute atomic E-state index is 0.0468. The molecular formula is C11H17N5O2. The average Bonchev–Trinajstić information content (AvgIpc) is 2.95. The molecule has 2 N–H and O–H groups in total. The van der Waals surface area contributed by atoms with Crippen LogP contribution < -0.4 is 10.6 Å². The van der Waals surface area contributed by atoms with Crippen molar-refractivity contribution in [2.24, 2.45) is 0 Å². The largest absolute Gasteiger partial charge is 0.406 e. The maximum absolute atomic E-state index is 5.47. The van der Waals surface area contributed by atoms with Crippen LogP contribution in [0.5, 0.6) is 0 Å². The van der Waals surface area contributed by atoms with E-state index >= 15 is 0 Å². The molecule has 0 aliphatic rings. The van der Waals surface area contributed by atoms with Gasteiger partial charge < -0.3 is 19.6 Å². The van der Waals surface area contributed by atoms with E-state index < -0.39 is 0 Å². The third kappa shape index (κ3) is 3.07. The monoisotopic (exact) mass is 251 g/mol. The number of aromatic nitrogens is 3. The van der Waals surface area contributed by atoms with Crippen LogP contribution in [0.4, 0.5) is 6.01 Å². The number of hydrogen-bond donors (Lipinski definition) is 2. The van der Waals surface area contributed by atoms with Gasteiger partial charge in [-0.05, 0) is 20.4 Å². The number of rotatable bonds is 6. The number of hydrogen-bond acceptors (Lipinski definition) is 7. The van der Waals surface area contributed by atoms with Crippen LogP contribution in [0.3, 0.4) is 0 Å². The molecule has 0 spiro atoms. The van der Waals surface area contributed by atoms with Crippen molar-refractivity contribution in [1.29, 1.82) is 0 Å². The standard InChI is InChI=1S/C11H17N5O2/c1-4-12-8(3)10-14-15-11(17-10)13-6-9-5-7(2)16-18-9/h5,8,12H,4,6H2,1-3H3,(H,13,15). The Labute approximate surface area is 105 Å². The van der Waals surface area contributed by atoms with Gasteiger partial charge in [0.15, 0.2) is 5.76 Å². The SMILES string of the molecule is CCNC(C)c1nnc(NCc2cc(C)no2)o1. The summed E-state index contributed by atoms with van der Waals surface area (Å²) in [6.45, 7) is 7.19. The Morgan fingerprint density at radius 3 is 2.89 bits per heavy atom. The lowest BCUT2D eigenvalue weighted by molar-refractivity contribution is 0.381. The van der Waals surface area contributed by atoms with E-state index in [1.165, 1.54) is 0 Å². The molecule has 0 fully saturated rings. The first-order valence-corrected chi connectivity index (χ1v) is 5.92. The van der Waals surface area contributed by atoms with Crippen molar-refractivity contribution in [2.75, 3.05) is 11.9 Å². The van der Waals surface area contributed by atoms with E-state index in [1.807, 2.05) is 26.8 Å². The Balaban J connectivity index is 1.90. The fourth-order valence-electron chi connectivity index (χ4n) is 1.54. The van der Waals surface area contributed by atoms with Crippen LogP contribution in [0.2, 0.25) is 0 Å². The van der Waals surface area contributed by atoms with Crippen LogP contribution in [-0.2, 0) is 6.54 Å². The van der Waals surface area contributed by atoms with Crippen molar-refractivity contribution in [3.8, 4) is 0 Å². The summed E-state index contributed by atoms with van der Waals surface area (Å²) < 4.78 is 10.5. The zero-order valence-electron chi connectivity index (χ0n) is 10.7. The summed E-state index contributed by atoms with van der Waals surface area (Å²) in [4.78, 5) is 0. The van der Waals surface area contributed by atoms with Crippen molar-refractivity contribution in [3.05, 3.63) is 23.4 Å². The fourth-order valence-corrected chi connectivity index (χ4v) is 1.54. The lowest BCUT2D eigenvalue weighted by Gasteiger charge is -2.05. The molecule has 1 unspecified atom stereocenters. The van der Waals surface area contributed by atoms with Crippen LogP contribution in [0, 0.1) is 6.92 Å². The molecular weight excluding hydrogens is 234 g/mol. The second-order valence-electron chi connectivity index (χ2n) is 4.01. The smallest absolute Gasteiger partial charge is 0.315 e. The molecule has 7 heteroatoms. The molecule has 2 aromatic rings. The Morgan fingerprint density at radius 2 is 2.22 bits per heavy atom. The molecule has 0 saturated carbocycles. The Hall–Kier alpha value is -1.89. The van der Waals surface area contributed by atoms with Gasteiger partial charge in [-0.1, -0.05) is 17.2 Å². The molecule has 98 valence electrons. The third-order valence-corrected chi connectivity index (χ3v) is 2.41. The summed E-state index contributed by atoms with van der Waals surface area (Å²) in [5, 5.41) is 17.9. The third-order valence-electron chi connectivity index (χ3n) is 2.41. The summed E-state index contributed by atoms with van der Waals surface area (Å²) in [7, 11) is 0. The van der Waals surface area contributed by atoms with E-state index in [0.29, 0.717) is 18.5 Å². The van der Waals surface area contributed by atoms with Gasteiger partial charge >= 0.3 is 6.01 Å². The summed E-state index contributed by atoms with van der Waals surface area (Å²) in [6.07, 6.45) is 0. The molecule has 0 aliphatic carbocycles. The average molecular weight is 251 g/mol. The van der Waals surface area contributed by atoms with Gasteiger partial charge in [-0.2, -0.15) is 0 Å². The summed E-state index contributed by atoms with van der Waals surface area (Å²) in [6, 6.07) is 2.28. The molecule has 7 nitrogen and oxygen atoms in total. The van der Waals surface area contributed by atoms with Gasteiger partial charge in [-0.3, -0.25) is 0 Å².